The Morgan fingerprint density at radius 1 is 1.25 bits per heavy atom. The number of aryl methyl sites for hydroxylation is 1. The van der Waals surface area contributed by atoms with Crippen molar-refractivity contribution in [3.05, 3.63) is 58.5 Å². The Morgan fingerprint density at radius 2 is 2.00 bits per heavy atom. The van der Waals surface area contributed by atoms with Gasteiger partial charge in [0.05, 0.1) is 27.7 Å². The molecule has 8 nitrogen and oxygen atoms in total. The highest BCUT2D eigenvalue weighted by Gasteiger charge is 2.34. The van der Waals surface area contributed by atoms with E-state index < -0.39 is 15.1 Å². The van der Waals surface area contributed by atoms with E-state index in [4.69, 9.17) is 0 Å². The number of carbonyl (C=O) groups is 1. The topological polar surface area (TPSA) is 102 Å². The summed E-state index contributed by atoms with van der Waals surface area (Å²) in [5, 5.41) is 0.248. The molecule has 0 aliphatic carbocycles. The van der Waals surface area contributed by atoms with Gasteiger partial charge in [-0.15, -0.1) is 0 Å². The first-order chi connectivity index (χ1) is 15.2. The van der Waals surface area contributed by atoms with Crippen molar-refractivity contribution in [3.8, 4) is 5.82 Å². The number of fused-ring (bicyclic) bond motifs is 1. The van der Waals surface area contributed by atoms with Crippen LogP contribution in [0.3, 0.4) is 0 Å². The molecule has 3 aromatic rings. The van der Waals surface area contributed by atoms with E-state index in [0.717, 1.165) is 17.3 Å². The first-order valence-electron chi connectivity index (χ1n) is 10.2. The molecule has 1 aliphatic rings. The molecule has 1 saturated heterocycles. The van der Waals surface area contributed by atoms with Crippen LogP contribution in [0.15, 0.2) is 52.5 Å². The van der Waals surface area contributed by atoms with Gasteiger partial charge in [-0.2, -0.15) is 0 Å². The molecule has 1 amide bonds. The molecule has 10 heteroatoms. The molecule has 0 bridgehead atoms. The maximum absolute atomic E-state index is 13.3. The highest BCUT2D eigenvalue weighted by Crippen LogP contribution is 2.27. The predicted octanol–water partition coefficient (Wildman–Crippen LogP) is 2.22. The lowest BCUT2D eigenvalue weighted by atomic mass is 10.2. The highest BCUT2D eigenvalue weighted by molar-refractivity contribution is 8.00. The number of rotatable bonds is 5. The van der Waals surface area contributed by atoms with E-state index >= 15 is 0 Å². The van der Waals surface area contributed by atoms with Crippen molar-refractivity contribution in [1.29, 1.82) is 0 Å². The quantitative estimate of drug-likeness (QED) is 0.414. The van der Waals surface area contributed by atoms with Gasteiger partial charge in [0.1, 0.15) is 5.82 Å². The van der Waals surface area contributed by atoms with E-state index in [0.29, 0.717) is 28.3 Å². The Hall–Kier alpha value is -2.72. The molecule has 4 rings (SSSR count). The van der Waals surface area contributed by atoms with Crippen LogP contribution >= 0.6 is 11.8 Å². The minimum atomic E-state index is -3.10. The summed E-state index contributed by atoms with van der Waals surface area (Å²) in [7, 11) is -1.47. The lowest BCUT2D eigenvalue weighted by molar-refractivity contribution is -0.130. The summed E-state index contributed by atoms with van der Waals surface area (Å²) in [6, 6.07) is 10.3. The van der Waals surface area contributed by atoms with Gasteiger partial charge in [0, 0.05) is 19.3 Å². The first kappa shape index (κ1) is 22.5. The van der Waals surface area contributed by atoms with Gasteiger partial charge in [0.25, 0.3) is 5.56 Å². The zero-order valence-electron chi connectivity index (χ0n) is 18.1. The van der Waals surface area contributed by atoms with Crippen molar-refractivity contribution in [3.63, 3.8) is 0 Å². The minimum absolute atomic E-state index is 0.0150. The third kappa shape index (κ3) is 4.42. The number of amides is 1. The van der Waals surface area contributed by atoms with Crippen LogP contribution in [0.4, 0.5) is 0 Å². The average Bonchev–Trinajstić information content (AvgIpc) is 3.13. The second kappa shape index (κ2) is 8.67. The van der Waals surface area contributed by atoms with Gasteiger partial charge in [-0.1, -0.05) is 30.0 Å². The number of sulfone groups is 1. The number of hydrogen-bond donors (Lipinski definition) is 0. The van der Waals surface area contributed by atoms with Crippen molar-refractivity contribution in [2.45, 2.75) is 36.7 Å². The number of benzene rings is 1. The summed E-state index contributed by atoms with van der Waals surface area (Å²) in [6.07, 6.45) is 2.11. The second-order valence-corrected chi connectivity index (χ2v) is 11.5. The number of para-hydroxylation sites is 1. The van der Waals surface area contributed by atoms with Gasteiger partial charge < -0.3 is 4.90 Å². The zero-order chi connectivity index (χ0) is 23.0. The van der Waals surface area contributed by atoms with Crippen LogP contribution < -0.4 is 5.56 Å². The van der Waals surface area contributed by atoms with Crippen LogP contribution in [-0.2, 0) is 14.6 Å². The van der Waals surface area contributed by atoms with Gasteiger partial charge in [-0.25, -0.2) is 23.0 Å². The van der Waals surface area contributed by atoms with Crippen LogP contribution in [0.1, 0.15) is 18.9 Å². The van der Waals surface area contributed by atoms with Gasteiger partial charge in [0.15, 0.2) is 15.0 Å². The largest absolute Gasteiger partial charge is 0.341 e. The molecule has 0 unspecified atom stereocenters. The molecule has 0 spiro atoms. The van der Waals surface area contributed by atoms with Gasteiger partial charge in [0.2, 0.25) is 5.91 Å². The number of thioether (sulfide) groups is 1. The Labute approximate surface area is 190 Å². The normalized spacial score (nSPS) is 18.5. The Kier molecular flexibility index (Phi) is 6.09. The summed E-state index contributed by atoms with van der Waals surface area (Å²) in [5.74, 6) is 0.305. The molecular formula is C22H24N4O4S2. The zero-order valence-corrected chi connectivity index (χ0v) is 19.7. The molecule has 0 saturated carbocycles. The van der Waals surface area contributed by atoms with Crippen LogP contribution in [-0.4, -0.2) is 63.6 Å². The summed E-state index contributed by atoms with van der Waals surface area (Å²) >= 11 is 1.16. The van der Waals surface area contributed by atoms with E-state index in [-0.39, 0.29) is 29.0 Å². The Bertz CT molecular complexity index is 1340. The summed E-state index contributed by atoms with van der Waals surface area (Å²) < 4.78 is 25.1. The van der Waals surface area contributed by atoms with Crippen molar-refractivity contribution in [2.75, 3.05) is 18.6 Å². The van der Waals surface area contributed by atoms with Crippen molar-refractivity contribution in [1.82, 2.24) is 19.4 Å². The number of aromatic nitrogens is 3. The van der Waals surface area contributed by atoms with Crippen LogP contribution in [0.5, 0.6) is 0 Å². The highest BCUT2D eigenvalue weighted by atomic mass is 32.2. The molecule has 1 aliphatic heterocycles. The fraction of sp³-hybridized carbons (Fsp3) is 0.364. The standard InChI is InChI=1S/C22H24N4O4S2/c1-14-8-9-19(23-12-14)26-21(28)17-6-4-5-7-18(17)24-22(26)31-15(2)20(27)25(3)16-10-11-32(29,30)13-16/h4-9,12,15-16H,10-11,13H2,1-3H3/t15-,16-/m0/s1. The molecule has 1 fully saturated rings. The van der Waals surface area contributed by atoms with E-state index in [2.05, 4.69) is 9.97 Å². The lowest BCUT2D eigenvalue weighted by Gasteiger charge is -2.26. The number of nitrogens with zero attached hydrogens (tertiary/aromatic N) is 4. The fourth-order valence-corrected chi connectivity index (χ4v) is 6.53. The third-order valence-corrected chi connectivity index (χ3v) is 8.39. The van der Waals surface area contributed by atoms with Crippen LogP contribution in [0, 0.1) is 6.92 Å². The van der Waals surface area contributed by atoms with Crippen LogP contribution in [0.2, 0.25) is 0 Å². The fourth-order valence-electron chi connectivity index (χ4n) is 3.74. The van der Waals surface area contributed by atoms with Gasteiger partial charge in [-0.05, 0) is 44.0 Å². The maximum Gasteiger partial charge on any atom is 0.267 e. The van der Waals surface area contributed by atoms with E-state index in [1.54, 1.807) is 50.5 Å². The monoisotopic (exact) mass is 472 g/mol. The van der Waals surface area contributed by atoms with Gasteiger partial charge in [-0.3, -0.25) is 9.59 Å². The molecular weight excluding hydrogens is 448 g/mol. The molecule has 0 N–H and O–H groups in total. The molecule has 1 aromatic carbocycles. The lowest BCUT2D eigenvalue weighted by Crippen LogP contribution is -2.42. The van der Waals surface area contributed by atoms with Gasteiger partial charge >= 0.3 is 0 Å². The van der Waals surface area contributed by atoms with Crippen molar-refractivity contribution >= 4 is 38.4 Å². The Balaban J connectivity index is 1.70. The van der Waals surface area contributed by atoms with Crippen molar-refractivity contribution < 1.29 is 13.2 Å². The van der Waals surface area contributed by atoms with E-state index in [1.807, 2.05) is 13.0 Å². The predicted molar refractivity (Wildman–Crippen MR) is 125 cm³/mol. The third-order valence-electron chi connectivity index (χ3n) is 5.60. The number of pyridine rings is 1. The summed E-state index contributed by atoms with van der Waals surface area (Å²) in [5.41, 5.74) is 1.24. The maximum atomic E-state index is 13.3. The summed E-state index contributed by atoms with van der Waals surface area (Å²) in [6.45, 7) is 3.65. The average molecular weight is 473 g/mol. The summed E-state index contributed by atoms with van der Waals surface area (Å²) in [4.78, 5) is 36.9. The second-order valence-electron chi connectivity index (χ2n) is 8.01. The number of hydrogen-bond acceptors (Lipinski definition) is 7. The van der Waals surface area contributed by atoms with Crippen molar-refractivity contribution in [2.24, 2.45) is 0 Å². The SMILES string of the molecule is Cc1ccc(-n2c(S[C@@H](C)C(=O)N(C)[C@H]3CCS(=O)(=O)C3)nc3ccccc3c2=O)nc1. The number of carbonyl (C=O) groups excluding carboxylic acids is 1. The minimum Gasteiger partial charge on any atom is -0.341 e. The van der Waals surface area contributed by atoms with Crippen LogP contribution in [0.25, 0.3) is 16.7 Å². The molecule has 2 aromatic heterocycles. The van der Waals surface area contributed by atoms with E-state index in [1.165, 1.54) is 9.47 Å². The molecule has 3 heterocycles. The molecule has 0 radical (unpaired) electrons. The van der Waals surface area contributed by atoms with E-state index in [9.17, 15) is 18.0 Å². The smallest absolute Gasteiger partial charge is 0.267 e. The molecule has 168 valence electrons. The molecule has 32 heavy (non-hydrogen) atoms. The first-order valence-corrected chi connectivity index (χ1v) is 12.9. The molecule has 2 atom stereocenters. The Morgan fingerprint density at radius 3 is 2.66 bits per heavy atom.